The molecule has 2 N–H and O–H groups in total. The van der Waals surface area contributed by atoms with Crippen molar-refractivity contribution in [2.24, 2.45) is 0 Å². The quantitative estimate of drug-likeness (QED) is 0.653. The van der Waals surface area contributed by atoms with E-state index < -0.39 is 23.4 Å². The molecular formula is C15H10Cl2F2N2O2. The van der Waals surface area contributed by atoms with Crippen LogP contribution in [0.5, 0.6) is 0 Å². The normalized spacial score (nSPS) is 10.3. The topological polar surface area (TPSA) is 58.2 Å². The summed E-state index contributed by atoms with van der Waals surface area (Å²) in [5, 5.41) is 0.267. The number of halogens is 4. The molecule has 2 aromatic carbocycles. The highest BCUT2D eigenvalue weighted by molar-refractivity contribution is 6.33. The van der Waals surface area contributed by atoms with Gasteiger partial charge < -0.3 is 0 Å². The van der Waals surface area contributed by atoms with Gasteiger partial charge in [0.05, 0.1) is 17.0 Å². The molecule has 2 aromatic rings. The Morgan fingerprint density at radius 3 is 2.22 bits per heavy atom. The maximum absolute atomic E-state index is 13.1. The van der Waals surface area contributed by atoms with E-state index in [2.05, 4.69) is 10.9 Å². The van der Waals surface area contributed by atoms with Gasteiger partial charge in [0.25, 0.3) is 5.91 Å². The van der Waals surface area contributed by atoms with Crippen LogP contribution in [0.1, 0.15) is 15.9 Å². The number of hydrazine groups is 1. The van der Waals surface area contributed by atoms with Crippen LogP contribution in [0.15, 0.2) is 36.4 Å². The van der Waals surface area contributed by atoms with E-state index in [0.29, 0.717) is 22.7 Å². The first kappa shape index (κ1) is 17.2. The molecule has 0 saturated carbocycles. The summed E-state index contributed by atoms with van der Waals surface area (Å²) < 4.78 is 26.1. The lowest BCUT2D eigenvalue weighted by atomic mass is 10.1. The maximum atomic E-state index is 13.1. The van der Waals surface area contributed by atoms with Crippen molar-refractivity contribution in [1.82, 2.24) is 10.9 Å². The van der Waals surface area contributed by atoms with Gasteiger partial charge in [-0.2, -0.15) is 0 Å². The van der Waals surface area contributed by atoms with Crippen LogP contribution in [0, 0.1) is 11.6 Å². The Morgan fingerprint density at radius 1 is 0.957 bits per heavy atom. The van der Waals surface area contributed by atoms with Crippen LogP contribution < -0.4 is 10.9 Å². The Hall–Kier alpha value is -2.18. The zero-order chi connectivity index (χ0) is 17.0. The van der Waals surface area contributed by atoms with Crippen molar-refractivity contribution in [2.75, 3.05) is 0 Å². The molecule has 2 rings (SSSR count). The van der Waals surface area contributed by atoms with Gasteiger partial charge in [-0.3, -0.25) is 20.4 Å². The molecule has 120 valence electrons. The van der Waals surface area contributed by atoms with Gasteiger partial charge in [-0.1, -0.05) is 35.3 Å². The van der Waals surface area contributed by atoms with E-state index in [1.165, 1.54) is 0 Å². The first-order valence-electron chi connectivity index (χ1n) is 6.35. The first-order chi connectivity index (χ1) is 10.9. The summed E-state index contributed by atoms with van der Waals surface area (Å²) in [6.07, 6.45) is 0.00294. The van der Waals surface area contributed by atoms with Crippen LogP contribution in [0.4, 0.5) is 8.78 Å². The Balaban J connectivity index is 1.95. The van der Waals surface area contributed by atoms with Crippen LogP contribution in [-0.2, 0) is 11.2 Å². The molecule has 23 heavy (non-hydrogen) atoms. The van der Waals surface area contributed by atoms with Gasteiger partial charge >= 0.3 is 0 Å². The molecule has 0 heterocycles. The van der Waals surface area contributed by atoms with Crippen LogP contribution in [0.25, 0.3) is 0 Å². The molecular weight excluding hydrogens is 349 g/mol. The Kier molecular flexibility index (Phi) is 5.52. The number of rotatable bonds is 3. The number of hydrogen-bond acceptors (Lipinski definition) is 2. The molecule has 0 aliphatic rings. The second-order valence-electron chi connectivity index (χ2n) is 4.55. The third kappa shape index (κ3) is 4.64. The van der Waals surface area contributed by atoms with Crippen LogP contribution in [0.2, 0.25) is 10.0 Å². The number of carbonyl (C=O) groups excluding carboxylic acids is 2. The molecule has 2 amide bonds. The lowest BCUT2D eigenvalue weighted by Crippen LogP contribution is -2.42. The van der Waals surface area contributed by atoms with Crippen molar-refractivity contribution in [3.05, 3.63) is 69.2 Å². The molecule has 0 radical (unpaired) electrons. The van der Waals surface area contributed by atoms with E-state index in [1.807, 2.05) is 0 Å². The molecule has 0 bridgehead atoms. The van der Waals surface area contributed by atoms with E-state index in [0.717, 1.165) is 0 Å². The number of carbonyl (C=O) groups is 2. The Morgan fingerprint density at radius 2 is 1.57 bits per heavy atom. The van der Waals surface area contributed by atoms with Gasteiger partial charge in [-0.15, -0.1) is 0 Å². The SMILES string of the molecule is O=C(Cc1ccc(Cl)cc1)NNC(=O)c1cc(F)c(F)cc1Cl. The van der Waals surface area contributed by atoms with Crippen molar-refractivity contribution in [2.45, 2.75) is 6.42 Å². The second kappa shape index (κ2) is 7.39. The van der Waals surface area contributed by atoms with Crippen molar-refractivity contribution >= 4 is 35.0 Å². The predicted molar refractivity (Wildman–Crippen MR) is 82.1 cm³/mol. The molecule has 0 spiro atoms. The molecule has 0 aliphatic carbocycles. The van der Waals surface area contributed by atoms with E-state index in [9.17, 15) is 18.4 Å². The minimum Gasteiger partial charge on any atom is -0.273 e. The highest BCUT2D eigenvalue weighted by atomic mass is 35.5. The van der Waals surface area contributed by atoms with Gasteiger partial charge in [0.1, 0.15) is 0 Å². The molecule has 0 fully saturated rings. The zero-order valence-corrected chi connectivity index (χ0v) is 13.0. The van der Waals surface area contributed by atoms with Crippen molar-refractivity contribution < 1.29 is 18.4 Å². The van der Waals surface area contributed by atoms with Gasteiger partial charge in [0, 0.05) is 5.02 Å². The molecule has 4 nitrogen and oxygen atoms in total. The molecule has 8 heteroatoms. The van der Waals surface area contributed by atoms with Crippen LogP contribution >= 0.6 is 23.2 Å². The summed E-state index contributed by atoms with van der Waals surface area (Å²) in [4.78, 5) is 23.5. The summed E-state index contributed by atoms with van der Waals surface area (Å²) >= 11 is 11.4. The number of nitrogens with one attached hydrogen (secondary N) is 2. The summed E-state index contributed by atoms with van der Waals surface area (Å²) in [5.74, 6) is -3.75. The summed E-state index contributed by atoms with van der Waals surface area (Å²) in [6, 6.07) is 7.92. The fourth-order valence-electron chi connectivity index (χ4n) is 1.72. The minimum atomic E-state index is -1.22. The Bertz CT molecular complexity index is 752. The summed E-state index contributed by atoms with van der Waals surface area (Å²) in [7, 11) is 0. The van der Waals surface area contributed by atoms with Gasteiger partial charge in [-0.05, 0) is 29.8 Å². The maximum Gasteiger partial charge on any atom is 0.271 e. The first-order valence-corrected chi connectivity index (χ1v) is 7.10. The highest BCUT2D eigenvalue weighted by Crippen LogP contribution is 2.19. The number of hydrogen-bond donors (Lipinski definition) is 2. The minimum absolute atomic E-state index is 0.00294. The van der Waals surface area contributed by atoms with E-state index >= 15 is 0 Å². The van der Waals surface area contributed by atoms with Crippen molar-refractivity contribution in [1.29, 1.82) is 0 Å². The lowest BCUT2D eigenvalue weighted by Gasteiger charge is -2.09. The summed E-state index contributed by atoms with van der Waals surface area (Å²) in [6.45, 7) is 0. The molecule has 0 saturated heterocycles. The highest BCUT2D eigenvalue weighted by Gasteiger charge is 2.15. The third-order valence-corrected chi connectivity index (χ3v) is 3.41. The number of benzene rings is 2. The third-order valence-electron chi connectivity index (χ3n) is 2.85. The van der Waals surface area contributed by atoms with E-state index in [4.69, 9.17) is 23.2 Å². The standard InChI is InChI=1S/C15H10Cl2F2N2O2/c16-9-3-1-8(2-4-9)5-14(22)20-21-15(23)10-6-12(18)13(19)7-11(10)17/h1-4,6-7H,5H2,(H,20,22)(H,21,23). The predicted octanol–water partition coefficient (Wildman–Crippen LogP) is 3.28. The van der Waals surface area contributed by atoms with Gasteiger partial charge in [0.15, 0.2) is 11.6 Å². The summed E-state index contributed by atoms with van der Waals surface area (Å²) in [5.41, 5.74) is 4.63. The largest absolute Gasteiger partial charge is 0.273 e. The zero-order valence-electron chi connectivity index (χ0n) is 11.5. The molecule has 0 aromatic heterocycles. The van der Waals surface area contributed by atoms with Crippen molar-refractivity contribution in [3.8, 4) is 0 Å². The second-order valence-corrected chi connectivity index (χ2v) is 5.40. The smallest absolute Gasteiger partial charge is 0.271 e. The van der Waals surface area contributed by atoms with Crippen LogP contribution in [-0.4, -0.2) is 11.8 Å². The van der Waals surface area contributed by atoms with E-state index in [-0.39, 0.29) is 17.0 Å². The van der Waals surface area contributed by atoms with E-state index in [1.54, 1.807) is 24.3 Å². The fourth-order valence-corrected chi connectivity index (χ4v) is 2.08. The Labute approximate surface area is 140 Å². The molecule has 0 atom stereocenters. The molecule has 0 unspecified atom stereocenters. The number of amides is 2. The average Bonchev–Trinajstić information content (AvgIpc) is 2.51. The average molecular weight is 359 g/mol. The monoisotopic (exact) mass is 358 g/mol. The van der Waals surface area contributed by atoms with Gasteiger partial charge in [-0.25, -0.2) is 8.78 Å². The van der Waals surface area contributed by atoms with Gasteiger partial charge in [0.2, 0.25) is 5.91 Å². The van der Waals surface area contributed by atoms with Crippen molar-refractivity contribution in [3.63, 3.8) is 0 Å². The molecule has 0 aliphatic heterocycles. The lowest BCUT2D eigenvalue weighted by molar-refractivity contribution is -0.121. The fraction of sp³-hybridized carbons (Fsp3) is 0.0667. The van der Waals surface area contributed by atoms with Crippen LogP contribution in [0.3, 0.4) is 0 Å².